The first-order valence-corrected chi connectivity index (χ1v) is 11.5. The molecule has 0 fully saturated rings. The molecule has 5 rings (SSSR count). The molecular formula is C29H22N4O3. The second-order valence-electron chi connectivity index (χ2n) is 8.46. The minimum Gasteiger partial charge on any atom is -0.383 e. The van der Waals surface area contributed by atoms with E-state index >= 15 is 0 Å². The summed E-state index contributed by atoms with van der Waals surface area (Å²) in [4.78, 5) is 29.7. The average Bonchev–Trinajstić information content (AvgIpc) is 2.92. The predicted molar refractivity (Wildman–Crippen MR) is 140 cm³/mol. The number of anilines is 1. The quantitative estimate of drug-likeness (QED) is 0.254. The highest BCUT2D eigenvalue weighted by Crippen LogP contribution is 2.28. The Hall–Kier alpha value is -4.96. The molecule has 0 radical (unpaired) electrons. The molecule has 7 nitrogen and oxygen atoms in total. The Labute approximate surface area is 208 Å². The lowest BCUT2D eigenvalue weighted by Gasteiger charge is -2.27. The van der Waals surface area contributed by atoms with Crippen molar-refractivity contribution in [3.05, 3.63) is 117 Å². The van der Waals surface area contributed by atoms with Gasteiger partial charge in [0.25, 0.3) is 11.6 Å². The van der Waals surface area contributed by atoms with Gasteiger partial charge in [-0.15, -0.1) is 0 Å². The Morgan fingerprint density at radius 3 is 2.58 bits per heavy atom. The van der Waals surface area contributed by atoms with E-state index in [1.165, 1.54) is 11.6 Å². The summed E-state index contributed by atoms with van der Waals surface area (Å²) in [5.74, 6) is 6.26. The number of nitrogens with zero attached hydrogens (tertiary/aromatic N) is 3. The fourth-order valence-corrected chi connectivity index (χ4v) is 4.26. The summed E-state index contributed by atoms with van der Waals surface area (Å²) in [6.45, 7) is 1.14. The third kappa shape index (κ3) is 4.65. The standard InChI is InChI=1S/C29H22N4O3/c30-28-26-19-25(12-11-22(26)13-16-31-28)21-14-17-32(18-15-21)29(34)24-9-6-20(7-10-24)5-8-23-3-1-2-4-27(23)33(35)36/h1-4,6-7,9-14,16,19H,15,17-18H2,(H2,30,31). The minimum atomic E-state index is -0.448. The molecule has 176 valence electrons. The van der Waals surface area contributed by atoms with Gasteiger partial charge in [0.15, 0.2) is 0 Å². The lowest BCUT2D eigenvalue weighted by Crippen LogP contribution is -2.34. The van der Waals surface area contributed by atoms with E-state index in [9.17, 15) is 14.9 Å². The SMILES string of the molecule is Nc1nccc2ccc(C3=CCN(C(=O)c4ccc(C#Cc5ccccc5[N+](=O)[O-])cc4)CC3)cc12. The van der Waals surface area contributed by atoms with Gasteiger partial charge < -0.3 is 10.6 Å². The Balaban J connectivity index is 1.28. The fraction of sp³-hybridized carbons (Fsp3) is 0.103. The second kappa shape index (κ2) is 9.72. The summed E-state index contributed by atoms with van der Waals surface area (Å²) < 4.78 is 0. The highest BCUT2D eigenvalue weighted by molar-refractivity contribution is 5.96. The molecule has 0 saturated heterocycles. The van der Waals surface area contributed by atoms with Gasteiger partial charge in [-0.05, 0) is 65.4 Å². The van der Waals surface area contributed by atoms with Gasteiger partial charge >= 0.3 is 0 Å². The number of benzene rings is 3. The number of pyridine rings is 1. The van der Waals surface area contributed by atoms with Crippen LogP contribution in [0, 0.1) is 22.0 Å². The van der Waals surface area contributed by atoms with E-state index in [2.05, 4.69) is 35.0 Å². The lowest BCUT2D eigenvalue weighted by molar-refractivity contribution is -0.385. The maximum Gasteiger partial charge on any atom is 0.284 e. The molecule has 36 heavy (non-hydrogen) atoms. The molecule has 2 heterocycles. The van der Waals surface area contributed by atoms with Gasteiger partial charge in [0.05, 0.1) is 4.92 Å². The summed E-state index contributed by atoms with van der Waals surface area (Å²) in [7, 11) is 0. The fourth-order valence-electron chi connectivity index (χ4n) is 4.26. The number of nitro benzene ring substituents is 1. The smallest absolute Gasteiger partial charge is 0.284 e. The first-order chi connectivity index (χ1) is 17.5. The molecule has 2 N–H and O–H groups in total. The van der Waals surface area contributed by atoms with Crippen LogP contribution in [-0.4, -0.2) is 33.8 Å². The Morgan fingerprint density at radius 1 is 1.03 bits per heavy atom. The molecule has 1 amide bonds. The zero-order valence-corrected chi connectivity index (χ0v) is 19.3. The number of fused-ring (bicyclic) bond motifs is 1. The second-order valence-corrected chi connectivity index (χ2v) is 8.46. The molecule has 3 aromatic carbocycles. The zero-order valence-electron chi connectivity index (χ0n) is 19.3. The molecule has 0 atom stereocenters. The molecule has 0 saturated carbocycles. The third-order valence-electron chi connectivity index (χ3n) is 6.24. The van der Waals surface area contributed by atoms with Crippen LogP contribution in [0.4, 0.5) is 11.5 Å². The van der Waals surface area contributed by atoms with Crippen LogP contribution in [0.15, 0.2) is 85.1 Å². The van der Waals surface area contributed by atoms with Gasteiger partial charge in [0.2, 0.25) is 0 Å². The van der Waals surface area contributed by atoms with Crippen molar-refractivity contribution < 1.29 is 9.72 Å². The van der Waals surface area contributed by atoms with Crippen molar-refractivity contribution in [3.63, 3.8) is 0 Å². The van der Waals surface area contributed by atoms with Crippen molar-refractivity contribution in [2.45, 2.75) is 6.42 Å². The minimum absolute atomic E-state index is 0.0295. The highest BCUT2D eigenvalue weighted by Gasteiger charge is 2.19. The number of carbonyl (C=O) groups excluding carboxylic acids is 1. The van der Waals surface area contributed by atoms with Crippen molar-refractivity contribution in [3.8, 4) is 11.8 Å². The van der Waals surface area contributed by atoms with E-state index in [0.29, 0.717) is 35.6 Å². The predicted octanol–water partition coefficient (Wildman–Crippen LogP) is 5.05. The molecule has 1 aliphatic heterocycles. The summed E-state index contributed by atoms with van der Waals surface area (Å²) in [6, 6.07) is 21.5. The number of nitrogen functional groups attached to an aromatic ring is 1. The third-order valence-corrected chi connectivity index (χ3v) is 6.24. The monoisotopic (exact) mass is 474 g/mol. The van der Waals surface area contributed by atoms with Crippen LogP contribution in [0.2, 0.25) is 0 Å². The van der Waals surface area contributed by atoms with Gasteiger partial charge in [0.1, 0.15) is 11.4 Å². The van der Waals surface area contributed by atoms with Crippen LogP contribution >= 0.6 is 0 Å². The van der Waals surface area contributed by atoms with Gasteiger partial charge in [-0.3, -0.25) is 14.9 Å². The summed E-state index contributed by atoms with van der Waals surface area (Å²) in [6.07, 6.45) is 4.54. The average molecular weight is 475 g/mol. The van der Waals surface area contributed by atoms with Crippen LogP contribution in [0.5, 0.6) is 0 Å². The topological polar surface area (TPSA) is 102 Å². The van der Waals surface area contributed by atoms with E-state index in [1.54, 1.807) is 48.7 Å². The largest absolute Gasteiger partial charge is 0.383 e. The Morgan fingerprint density at radius 2 is 1.83 bits per heavy atom. The number of para-hydroxylation sites is 1. The van der Waals surface area contributed by atoms with Crippen molar-refractivity contribution >= 4 is 33.8 Å². The number of amides is 1. The highest BCUT2D eigenvalue weighted by atomic mass is 16.6. The zero-order chi connectivity index (χ0) is 25.1. The van der Waals surface area contributed by atoms with Crippen molar-refractivity contribution in [1.82, 2.24) is 9.88 Å². The van der Waals surface area contributed by atoms with E-state index in [4.69, 9.17) is 5.73 Å². The number of rotatable bonds is 3. The van der Waals surface area contributed by atoms with E-state index in [-0.39, 0.29) is 11.6 Å². The first kappa shape index (κ1) is 22.8. The molecule has 0 bridgehead atoms. The van der Waals surface area contributed by atoms with Crippen molar-refractivity contribution in [2.24, 2.45) is 0 Å². The van der Waals surface area contributed by atoms with Crippen LogP contribution < -0.4 is 5.73 Å². The number of carbonyl (C=O) groups is 1. The first-order valence-electron chi connectivity index (χ1n) is 11.5. The number of hydrogen-bond donors (Lipinski definition) is 1. The normalized spacial score (nSPS) is 13.0. The number of hydrogen-bond acceptors (Lipinski definition) is 5. The molecule has 1 aliphatic rings. The lowest BCUT2D eigenvalue weighted by atomic mass is 9.96. The van der Waals surface area contributed by atoms with Crippen LogP contribution in [0.3, 0.4) is 0 Å². The van der Waals surface area contributed by atoms with Gasteiger partial charge in [-0.2, -0.15) is 0 Å². The van der Waals surface area contributed by atoms with Crippen molar-refractivity contribution in [2.75, 3.05) is 18.8 Å². The number of nitro groups is 1. The van der Waals surface area contributed by atoms with Crippen LogP contribution in [0.25, 0.3) is 16.3 Å². The van der Waals surface area contributed by atoms with E-state index in [1.807, 2.05) is 17.0 Å². The van der Waals surface area contributed by atoms with Gasteiger partial charge in [0, 0.05) is 41.9 Å². The van der Waals surface area contributed by atoms with Crippen LogP contribution in [-0.2, 0) is 0 Å². The molecular weight excluding hydrogens is 452 g/mol. The molecule has 0 aliphatic carbocycles. The van der Waals surface area contributed by atoms with Crippen molar-refractivity contribution in [1.29, 1.82) is 0 Å². The Kier molecular flexibility index (Phi) is 6.16. The van der Waals surface area contributed by atoms with Gasteiger partial charge in [-0.1, -0.05) is 42.2 Å². The maximum atomic E-state index is 13.0. The number of nitrogens with two attached hydrogens (primary N) is 1. The molecule has 7 heteroatoms. The van der Waals surface area contributed by atoms with E-state index < -0.39 is 4.92 Å². The summed E-state index contributed by atoms with van der Waals surface area (Å²) in [5.41, 5.74) is 9.89. The Bertz CT molecular complexity index is 1580. The maximum absolute atomic E-state index is 13.0. The molecule has 4 aromatic rings. The molecule has 0 unspecified atom stereocenters. The number of aromatic nitrogens is 1. The van der Waals surface area contributed by atoms with Crippen LogP contribution in [0.1, 0.15) is 33.5 Å². The summed E-state index contributed by atoms with van der Waals surface area (Å²) >= 11 is 0. The van der Waals surface area contributed by atoms with Gasteiger partial charge in [-0.25, -0.2) is 4.98 Å². The summed E-state index contributed by atoms with van der Waals surface area (Å²) in [5, 5.41) is 13.1. The molecule has 0 spiro atoms. The molecule has 1 aromatic heterocycles. The van der Waals surface area contributed by atoms with E-state index in [0.717, 1.165) is 22.8 Å².